The maximum Gasteiger partial charge on any atom is 0.290 e. The maximum absolute atomic E-state index is 11.9. The second-order valence-electron chi connectivity index (χ2n) is 14.7. The molecule has 408 valence electrons. The highest BCUT2D eigenvalue weighted by Gasteiger charge is 2.19. The molecule has 0 aromatic carbocycles. The highest BCUT2D eigenvalue weighted by atomic mass is 16.5. The lowest BCUT2D eigenvalue weighted by Crippen LogP contribution is -2.43. The lowest BCUT2D eigenvalue weighted by atomic mass is 10.3. The first-order valence-corrected chi connectivity index (χ1v) is 24.4. The molecule has 70 heavy (non-hydrogen) atoms. The largest absolute Gasteiger partial charge is 0.483 e. The van der Waals surface area contributed by atoms with E-state index in [1.807, 2.05) is 51.3 Å². The fourth-order valence-corrected chi connectivity index (χ4v) is 6.21. The number of rotatable bonds is 18. The zero-order valence-electron chi connectivity index (χ0n) is 44.0. The number of carbonyl (C=O) groups excluding carboxylic acids is 6. The van der Waals surface area contributed by atoms with Crippen LogP contribution in [0.25, 0.3) is 0 Å². The molecule has 0 unspecified atom stereocenters. The number of ether oxygens (including phenoxy) is 4. The molecule has 0 saturated carbocycles. The molecule has 6 amide bonds. The van der Waals surface area contributed by atoms with Crippen LogP contribution < -0.4 is 0 Å². The fourth-order valence-electron chi connectivity index (χ4n) is 6.21. The van der Waals surface area contributed by atoms with Crippen LogP contribution in [0.1, 0.15) is 68.2 Å². The third-order valence-electron chi connectivity index (χ3n) is 10.7. The Morgan fingerprint density at radius 2 is 0.929 bits per heavy atom. The summed E-state index contributed by atoms with van der Waals surface area (Å²) < 4.78 is 20.6. The Bertz CT molecular complexity index is 1310. The summed E-state index contributed by atoms with van der Waals surface area (Å²) in [7, 11) is 0. The number of amides is 6. The molecule has 4 aliphatic heterocycles. The molecule has 0 bridgehead atoms. The smallest absolute Gasteiger partial charge is 0.290 e. The van der Waals surface area contributed by atoms with Gasteiger partial charge >= 0.3 is 0 Å². The summed E-state index contributed by atoms with van der Waals surface area (Å²) >= 11 is 0. The summed E-state index contributed by atoms with van der Waals surface area (Å²) in [6.07, 6.45) is 5.68. The molecule has 4 aliphatic rings. The SMILES string of the molecule is C=CC(=O)N(CC)CC.C=CC(=O)N1CCOCC1.CCN(C=O)CC.CCN(CC)CCC(=O)N(CC)CC.O=C(CCN1CCOCC1)N1CCOCC1.O=CN1CCOCC1.O=CO.O=CO. The topological polar surface area (TPSA) is 240 Å². The van der Waals surface area contributed by atoms with E-state index in [0.717, 1.165) is 131 Å². The highest BCUT2D eigenvalue weighted by molar-refractivity contribution is 5.87. The van der Waals surface area contributed by atoms with Crippen LogP contribution in [0.5, 0.6) is 0 Å². The van der Waals surface area contributed by atoms with Gasteiger partial charge in [-0.1, -0.05) is 27.0 Å². The van der Waals surface area contributed by atoms with Crippen LogP contribution in [0.4, 0.5) is 0 Å². The van der Waals surface area contributed by atoms with Gasteiger partial charge in [-0.25, -0.2) is 0 Å². The number of hydrogen-bond acceptors (Lipinski definition) is 14. The maximum atomic E-state index is 11.9. The summed E-state index contributed by atoms with van der Waals surface area (Å²) in [5.41, 5.74) is 0. The predicted molar refractivity (Wildman–Crippen MR) is 270 cm³/mol. The molecule has 4 heterocycles. The summed E-state index contributed by atoms with van der Waals surface area (Å²) in [5, 5.41) is 13.8. The van der Waals surface area contributed by atoms with Crippen LogP contribution >= 0.6 is 0 Å². The summed E-state index contributed by atoms with van der Waals surface area (Å²) in [6.45, 7) is 43.0. The van der Waals surface area contributed by atoms with Crippen molar-refractivity contribution in [2.75, 3.05) is 171 Å². The van der Waals surface area contributed by atoms with Crippen LogP contribution in [0.3, 0.4) is 0 Å². The van der Waals surface area contributed by atoms with Crippen molar-refractivity contribution >= 4 is 49.4 Å². The molecular weight excluding hydrogens is 913 g/mol. The van der Waals surface area contributed by atoms with Crippen molar-refractivity contribution < 1.29 is 67.5 Å². The molecule has 0 aliphatic carbocycles. The van der Waals surface area contributed by atoms with Crippen molar-refractivity contribution in [1.82, 2.24) is 39.2 Å². The lowest BCUT2D eigenvalue weighted by molar-refractivity contribution is -0.136. The van der Waals surface area contributed by atoms with E-state index in [4.69, 9.17) is 38.7 Å². The van der Waals surface area contributed by atoms with Gasteiger partial charge < -0.3 is 63.5 Å². The average molecular weight is 1010 g/mol. The molecule has 4 saturated heterocycles. The molecular formula is C48H92N8O14. The van der Waals surface area contributed by atoms with E-state index in [1.54, 1.807) is 19.6 Å². The molecule has 22 nitrogen and oxygen atoms in total. The van der Waals surface area contributed by atoms with Crippen LogP contribution in [-0.2, 0) is 57.3 Å². The molecule has 22 heteroatoms. The van der Waals surface area contributed by atoms with E-state index >= 15 is 0 Å². The van der Waals surface area contributed by atoms with E-state index in [1.165, 1.54) is 12.2 Å². The average Bonchev–Trinajstić information content (AvgIpc) is 3.41. The second-order valence-corrected chi connectivity index (χ2v) is 14.7. The van der Waals surface area contributed by atoms with Gasteiger partial charge in [0, 0.05) is 118 Å². The van der Waals surface area contributed by atoms with Gasteiger partial charge in [-0.05, 0) is 66.8 Å². The zero-order valence-corrected chi connectivity index (χ0v) is 44.0. The third kappa shape index (κ3) is 40.8. The molecule has 0 aromatic rings. The van der Waals surface area contributed by atoms with Crippen molar-refractivity contribution in [3.05, 3.63) is 25.3 Å². The number of hydrogen-bond donors (Lipinski definition) is 2. The first-order valence-electron chi connectivity index (χ1n) is 24.4. The van der Waals surface area contributed by atoms with Gasteiger partial charge in [0.2, 0.25) is 36.4 Å². The number of carbonyl (C=O) groups is 8. The number of nitrogens with zero attached hydrogens (tertiary/aromatic N) is 8. The Morgan fingerprint density at radius 3 is 1.23 bits per heavy atom. The molecule has 0 atom stereocenters. The fraction of sp³-hybridized carbons (Fsp3) is 0.750. The standard InChI is InChI=1S/C11H20N2O3.C11H24N2O.C7H11NO2.C7H13NO.C5H9NO2.C5H11NO.2CH2O2/c14-11(13-5-9-16-10-6-13)1-2-12-3-7-15-8-4-12;1-5-12(6-2)10-9-11(14)13(7-3)8-4;1-2-7(9)8-3-5-10-6-4-8;1-4-7(9)8(5-2)6-3;7-5-6-1-3-8-4-2-6;1-3-6(4-2)5-7;2*2-1-3/h1-10H2;5-10H2,1-4H3;2H,1,3-6H2;4H,1,5-6H2,2-3H3;5H,1-4H2;5H,3-4H2,1-2H3;2*1H,(H,2,3). The van der Waals surface area contributed by atoms with E-state index < -0.39 is 0 Å². The quantitative estimate of drug-likeness (QED) is 0.146. The zero-order chi connectivity index (χ0) is 53.8. The Labute approximate surface area is 419 Å². The Balaban J connectivity index is -0.000000372. The summed E-state index contributed by atoms with van der Waals surface area (Å²) in [5.74, 6) is 0.556. The molecule has 4 fully saturated rings. The Morgan fingerprint density at radius 1 is 0.529 bits per heavy atom. The van der Waals surface area contributed by atoms with Crippen LogP contribution in [-0.4, -0.2) is 269 Å². The van der Waals surface area contributed by atoms with Gasteiger partial charge in [-0.2, -0.15) is 0 Å². The van der Waals surface area contributed by atoms with Gasteiger partial charge in [0.25, 0.3) is 12.9 Å². The van der Waals surface area contributed by atoms with Gasteiger partial charge in [0.15, 0.2) is 0 Å². The first kappa shape index (κ1) is 71.6. The molecule has 0 radical (unpaired) electrons. The Hall–Kier alpha value is -5.00. The van der Waals surface area contributed by atoms with Crippen LogP contribution in [0, 0.1) is 0 Å². The van der Waals surface area contributed by atoms with Gasteiger partial charge in [-0.3, -0.25) is 43.3 Å². The van der Waals surface area contributed by atoms with Gasteiger partial charge in [0.05, 0.1) is 52.9 Å². The lowest BCUT2D eigenvalue weighted by Gasteiger charge is -2.29. The second kappa shape index (κ2) is 53.4. The summed E-state index contributed by atoms with van der Waals surface area (Å²) in [4.78, 5) is 97.1. The van der Waals surface area contributed by atoms with Crippen molar-refractivity contribution in [2.24, 2.45) is 0 Å². The normalized spacial score (nSPS) is 14.8. The van der Waals surface area contributed by atoms with Crippen LogP contribution in [0.2, 0.25) is 0 Å². The molecule has 0 spiro atoms. The summed E-state index contributed by atoms with van der Waals surface area (Å²) in [6, 6.07) is 0. The minimum atomic E-state index is -0.250. The van der Waals surface area contributed by atoms with Crippen molar-refractivity contribution in [1.29, 1.82) is 0 Å². The number of carboxylic acid groups (broad SMARTS) is 2. The first-order chi connectivity index (χ1) is 33.8. The molecule has 0 aromatic heterocycles. The Kier molecular flexibility index (Phi) is 54.5. The van der Waals surface area contributed by atoms with E-state index in [2.05, 4.69) is 36.8 Å². The van der Waals surface area contributed by atoms with E-state index in [0.29, 0.717) is 65.6 Å². The van der Waals surface area contributed by atoms with Crippen molar-refractivity contribution in [2.45, 2.75) is 68.2 Å². The number of likely N-dealkylation sites (N-methyl/N-ethyl adjacent to an activating group) is 1. The van der Waals surface area contributed by atoms with Gasteiger partial charge in [-0.15, -0.1) is 0 Å². The predicted octanol–water partition coefficient (Wildman–Crippen LogP) is 1.59. The van der Waals surface area contributed by atoms with E-state index in [-0.39, 0.29) is 36.6 Å². The molecule has 2 N–H and O–H groups in total. The minimum Gasteiger partial charge on any atom is -0.483 e. The van der Waals surface area contributed by atoms with Crippen LogP contribution in [0.15, 0.2) is 25.3 Å². The van der Waals surface area contributed by atoms with Crippen molar-refractivity contribution in [3.63, 3.8) is 0 Å². The molecule has 4 rings (SSSR count). The monoisotopic (exact) mass is 1000 g/mol. The van der Waals surface area contributed by atoms with Gasteiger partial charge in [0.1, 0.15) is 0 Å². The van der Waals surface area contributed by atoms with Crippen molar-refractivity contribution in [3.8, 4) is 0 Å². The third-order valence-corrected chi connectivity index (χ3v) is 10.7. The van der Waals surface area contributed by atoms with E-state index in [9.17, 15) is 28.8 Å². The highest BCUT2D eigenvalue weighted by Crippen LogP contribution is 2.04. The minimum absolute atomic E-state index is 0.00306. The number of morpholine rings is 4.